The van der Waals surface area contributed by atoms with Gasteiger partial charge in [-0.3, -0.25) is 4.90 Å². The summed E-state index contributed by atoms with van der Waals surface area (Å²) in [5.41, 5.74) is 0. The molecule has 1 aliphatic rings. The zero-order valence-electron chi connectivity index (χ0n) is 6.55. The van der Waals surface area contributed by atoms with Crippen molar-refractivity contribution in [3.05, 3.63) is 0 Å². The molecule has 2 heteroatoms. The number of rotatable bonds is 3. The molecule has 1 fully saturated rings. The molecule has 0 aliphatic carbocycles. The van der Waals surface area contributed by atoms with Gasteiger partial charge in [-0.1, -0.05) is 6.92 Å². The summed E-state index contributed by atoms with van der Waals surface area (Å²) in [5, 5.41) is 0. The van der Waals surface area contributed by atoms with Crippen molar-refractivity contribution in [1.29, 1.82) is 0 Å². The van der Waals surface area contributed by atoms with Crippen molar-refractivity contribution in [1.82, 2.24) is 4.90 Å². The van der Waals surface area contributed by atoms with E-state index in [0.717, 1.165) is 32.2 Å². The number of hydrogen-bond acceptors (Lipinski definition) is 2. The summed E-state index contributed by atoms with van der Waals surface area (Å²) in [5.74, 6) is 0. The molecule has 2 nitrogen and oxygen atoms in total. The molecular weight excluding hydrogens is 126 g/mol. The Morgan fingerprint density at radius 1 is 1.70 bits per heavy atom. The van der Waals surface area contributed by atoms with Crippen molar-refractivity contribution >= 4 is 6.29 Å². The topological polar surface area (TPSA) is 20.3 Å². The fourth-order valence-corrected chi connectivity index (χ4v) is 1.57. The van der Waals surface area contributed by atoms with Gasteiger partial charge in [-0.05, 0) is 32.4 Å². The van der Waals surface area contributed by atoms with Gasteiger partial charge < -0.3 is 4.79 Å². The molecular formula is C8H15NO. The minimum atomic E-state index is 0.236. The summed E-state index contributed by atoms with van der Waals surface area (Å²) in [6.07, 6.45) is 4.51. The van der Waals surface area contributed by atoms with E-state index in [9.17, 15) is 4.79 Å². The Bertz CT molecular complexity index is 114. The van der Waals surface area contributed by atoms with E-state index in [-0.39, 0.29) is 6.04 Å². The smallest absolute Gasteiger partial charge is 0.137 e. The second-order valence-electron chi connectivity index (χ2n) is 2.88. The van der Waals surface area contributed by atoms with Crippen molar-refractivity contribution in [2.45, 2.75) is 32.2 Å². The van der Waals surface area contributed by atoms with Gasteiger partial charge in [0, 0.05) is 0 Å². The van der Waals surface area contributed by atoms with Crippen LogP contribution in [0, 0.1) is 0 Å². The van der Waals surface area contributed by atoms with Crippen LogP contribution < -0.4 is 0 Å². The summed E-state index contributed by atoms with van der Waals surface area (Å²) < 4.78 is 0. The van der Waals surface area contributed by atoms with Crippen molar-refractivity contribution < 1.29 is 4.79 Å². The number of likely N-dealkylation sites (tertiary alicyclic amines) is 1. The third kappa shape index (κ3) is 1.57. The van der Waals surface area contributed by atoms with Gasteiger partial charge in [0.25, 0.3) is 0 Å². The standard InChI is InChI=1S/C8H15NO/c1-2-5-9-6-3-4-8(9)7-10/h7-8H,2-6H2,1H3. The van der Waals surface area contributed by atoms with Gasteiger partial charge in [0.2, 0.25) is 0 Å². The van der Waals surface area contributed by atoms with Crippen LogP contribution in [-0.2, 0) is 4.79 Å². The van der Waals surface area contributed by atoms with E-state index in [4.69, 9.17) is 0 Å². The quantitative estimate of drug-likeness (QED) is 0.548. The van der Waals surface area contributed by atoms with E-state index in [1.807, 2.05) is 0 Å². The zero-order chi connectivity index (χ0) is 7.40. The highest BCUT2D eigenvalue weighted by Gasteiger charge is 2.22. The molecule has 1 saturated heterocycles. The lowest BCUT2D eigenvalue weighted by molar-refractivity contribution is -0.111. The Morgan fingerprint density at radius 2 is 2.50 bits per heavy atom. The van der Waals surface area contributed by atoms with Crippen LogP contribution in [0.3, 0.4) is 0 Å². The van der Waals surface area contributed by atoms with Crippen molar-refractivity contribution in [2.75, 3.05) is 13.1 Å². The second-order valence-corrected chi connectivity index (χ2v) is 2.88. The van der Waals surface area contributed by atoms with Crippen molar-refractivity contribution in [2.24, 2.45) is 0 Å². The SMILES string of the molecule is CCCN1CCCC1C=O. The molecule has 0 saturated carbocycles. The molecule has 0 bridgehead atoms. The maximum absolute atomic E-state index is 10.5. The summed E-state index contributed by atoms with van der Waals surface area (Å²) >= 11 is 0. The van der Waals surface area contributed by atoms with E-state index < -0.39 is 0 Å². The summed E-state index contributed by atoms with van der Waals surface area (Å²) in [7, 11) is 0. The average molecular weight is 141 g/mol. The lowest BCUT2D eigenvalue weighted by Gasteiger charge is -2.17. The summed E-state index contributed by atoms with van der Waals surface area (Å²) in [6.45, 7) is 4.36. The third-order valence-corrected chi connectivity index (χ3v) is 2.08. The first-order chi connectivity index (χ1) is 4.88. The molecule has 0 spiro atoms. The summed E-state index contributed by atoms with van der Waals surface area (Å²) in [4.78, 5) is 12.7. The predicted octanol–water partition coefficient (Wildman–Crippen LogP) is 1.06. The van der Waals surface area contributed by atoms with Gasteiger partial charge in [-0.15, -0.1) is 0 Å². The highest BCUT2D eigenvalue weighted by atomic mass is 16.1. The van der Waals surface area contributed by atoms with Crippen LogP contribution in [0.4, 0.5) is 0 Å². The molecule has 0 aromatic heterocycles. The Labute approximate surface area is 62.2 Å². The molecule has 10 heavy (non-hydrogen) atoms. The molecule has 1 rings (SSSR count). The molecule has 58 valence electrons. The highest BCUT2D eigenvalue weighted by molar-refractivity contribution is 5.58. The van der Waals surface area contributed by atoms with Gasteiger partial charge in [0.1, 0.15) is 6.29 Å². The van der Waals surface area contributed by atoms with E-state index in [0.29, 0.717) is 0 Å². The Morgan fingerprint density at radius 3 is 3.10 bits per heavy atom. The molecule has 0 aromatic rings. The van der Waals surface area contributed by atoms with Crippen LogP contribution in [0.1, 0.15) is 26.2 Å². The highest BCUT2D eigenvalue weighted by Crippen LogP contribution is 2.14. The van der Waals surface area contributed by atoms with Gasteiger partial charge in [0.15, 0.2) is 0 Å². The maximum Gasteiger partial charge on any atom is 0.137 e. The fraction of sp³-hybridized carbons (Fsp3) is 0.875. The van der Waals surface area contributed by atoms with E-state index >= 15 is 0 Å². The lowest BCUT2D eigenvalue weighted by Crippen LogP contribution is -2.30. The van der Waals surface area contributed by atoms with Gasteiger partial charge in [0.05, 0.1) is 6.04 Å². The van der Waals surface area contributed by atoms with E-state index in [2.05, 4.69) is 11.8 Å². The predicted molar refractivity (Wildman–Crippen MR) is 41.0 cm³/mol. The summed E-state index contributed by atoms with van der Waals surface area (Å²) in [6, 6.07) is 0.236. The van der Waals surface area contributed by atoms with Crippen molar-refractivity contribution in [3.8, 4) is 0 Å². The van der Waals surface area contributed by atoms with Crippen LogP contribution in [0.2, 0.25) is 0 Å². The lowest BCUT2D eigenvalue weighted by atomic mass is 10.2. The molecule has 1 unspecified atom stereocenters. The molecule has 0 aromatic carbocycles. The van der Waals surface area contributed by atoms with Crippen LogP contribution in [0.15, 0.2) is 0 Å². The number of aldehydes is 1. The number of carbonyl (C=O) groups is 1. The average Bonchev–Trinajstić information content (AvgIpc) is 2.36. The Balaban J connectivity index is 2.34. The Kier molecular flexibility index (Phi) is 2.87. The molecule has 1 heterocycles. The first kappa shape index (κ1) is 7.73. The van der Waals surface area contributed by atoms with Crippen molar-refractivity contribution in [3.63, 3.8) is 0 Å². The number of nitrogens with zero attached hydrogens (tertiary/aromatic N) is 1. The first-order valence-corrected chi connectivity index (χ1v) is 4.08. The van der Waals surface area contributed by atoms with Crippen LogP contribution in [-0.4, -0.2) is 30.3 Å². The maximum atomic E-state index is 10.5. The van der Waals surface area contributed by atoms with Gasteiger partial charge in [-0.2, -0.15) is 0 Å². The molecule has 0 N–H and O–H groups in total. The third-order valence-electron chi connectivity index (χ3n) is 2.08. The monoisotopic (exact) mass is 141 g/mol. The minimum absolute atomic E-state index is 0.236. The van der Waals surface area contributed by atoms with Gasteiger partial charge >= 0.3 is 0 Å². The number of carbonyl (C=O) groups excluding carboxylic acids is 1. The molecule has 0 amide bonds. The Hall–Kier alpha value is -0.370. The van der Waals surface area contributed by atoms with Gasteiger partial charge in [-0.25, -0.2) is 0 Å². The second kappa shape index (κ2) is 3.71. The molecule has 1 aliphatic heterocycles. The normalized spacial score (nSPS) is 27.1. The van der Waals surface area contributed by atoms with Crippen LogP contribution in [0.5, 0.6) is 0 Å². The minimum Gasteiger partial charge on any atom is -0.302 e. The van der Waals surface area contributed by atoms with Crippen LogP contribution >= 0.6 is 0 Å². The largest absolute Gasteiger partial charge is 0.302 e. The molecule has 0 radical (unpaired) electrons. The van der Waals surface area contributed by atoms with Crippen LogP contribution in [0.25, 0.3) is 0 Å². The van der Waals surface area contributed by atoms with E-state index in [1.54, 1.807) is 0 Å². The zero-order valence-corrected chi connectivity index (χ0v) is 6.55. The number of hydrogen-bond donors (Lipinski definition) is 0. The fourth-order valence-electron chi connectivity index (χ4n) is 1.57. The van der Waals surface area contributed by atoms with E-state index in [1.165, 1.54) is 6.42 Å². The first-order valence-electron chi connectivity index (χ1n) is 4.08. The molecule has 1 atom stereocenters.